The maximum atomic E-state index is 11.7. The van der Waals surface area contributed by atoms with Crippen LogP contribution in [-0.2, 0) is 16.1 Å². The van der Waals surface area contributed by atoms with E-state index >= 15 is 0 Å². The van der Waals surface area contributed by atoms with Crippen LogP contribution in [0.5, 0.6) is 0 Å². The second kappa shape index (κ2) is 6.87. The molecular formula is C13H19N3O5. The van der Waals surface area contributed by atoms with Gasteiger partial charge in [-0.1, -0.05) is 13.8 Å². The number of amides is 3. The maximum absolute atomic E-state index is 11.7. The number of urea groups is 1. The van der Waals surface area contributed by atoms with Crippen molar-refractivity contribution in [1.82, 2.24) is 15.6 Å². The van der Waals surface area contributed by atoms with E-state index in [1.807, 2.05) is 0 Å². The Morgan fingerprint density at radius 2 is 2.00 bits per heavy atom. The minimum atomic E-state index is -0.989. The fraction of sp³-hybridized carbons (Fsp3) is 0.538. The third kappa shape index (κ3) is 6.55. The first kappa shape index (κ1) is 16.7. The summed E-state index contributed by atoms with van der Waals surface area (Å²) < 4.78 is 5.16. The summed E-state index contributed by atoms with van der Waals surface area (Å²) in [5, 5.41) is 13.3. The lowest BCUT2D eigenvalue weighted by molar-refractivity contribution is -0.139. The molecule has 1 heterocycles. The first-order valence-electron chi connectivity index (χ1n) is 6.39. The molecule has 0 fully saturated rings. The molecule has 0 aromatic carbocycles. The highest BCUT2D eigenvalue weighted by Crippen LogP contribution is 2.24. The van der Waals surface area contributed by atoms with Crippen molar-refractivity contribution in [3.8, 4) is 0 Å². The molecule has 0 radical (unpaired) electrons. The molecule has 1 aromatic rings. The van der Waals surface area contributed by atoms with E-state index in [1.165, 1.54) is 6.20 Å². The Kier molecular flexibility index (Phi) is 5.45. The number of rotatable bonds is 6. The Labute approximate surface area is 121 Å². The summed E-state index contributed by atoms with van der Waals surface area (Å²) in [4.78, 5) is 37.7. The summed E-state index contributed by atoms with van der Waals surface area (Å²) >= 11 is 0. The number of aromatic nitrogens is 1. The molecule has 0 saturated heterocycles. The number of carboxylic acids is 1. The molecule has 0 aliphatic carbocycles. The Balaban J connectivity index is 2.36. The maximum Gasteiger partial charge on any atom is 0.321 e. The fourth-order valence-corrected chi connectivity index (χ4v) is 1.76. The molecule has 1 aromatic heterocycles. The molecule has 0 aliphatic heterocycles. The SMILES string of the molecule is Cc1cnc(CNC(=O)NC(=O)CC(C)(C)CC(=O)O)o1. The zero-order valence-corrected chi connectivity index (χ0v) is 12.2. The molecule has 21 heavy (non-hydrogen) atoms. The average Bonchev–Trinajstić information content (AvgIpc) is 2.69. The van der Waals surface area contributed by atoms with Crippen LogP contribution in [0.15, 0.2) is 10.6 Å². The number of carbonyl (C=O) groups is 3. The standard InChI is InChI=1S/C13H19N3O5/c1-8-6-14-10(21-8)7-15-12(20)16-9(17)4-13(2,3)5-11(18)19/h6H,4-5,7H2,1-3H3,(H,18,19)(H2,15,16,17,20). The number of imide groups is 1. The van der Waals surface area contributed by atoms with Crippen LogP contribution in [0, 0.1) is 12.3 Å². The van der Waals surface area contributed by atoms with E-state index in [1.54, 1.807) is 20.8 Å². The van der Waals surface area contributed by atoms with Gasteiger partial charge in [0.05, 0.1) is 19.2 Å². The zero-order chi connectivity index (χ0) is 16.0. The van der Waals surface area contributed by atoms with Crippen molar-refractivity contribution >= 4 is 17.9 Å². The van der Waals surface area contributed by atoms with Gasteiger partial charge in [0.2, 0.25) is 11.8 Å². The minimum Gasteiger partial charge on any atom is -0.481 e. The van der Waals surface area contributed by atoms with Crippen LogP contribution in [0.1, 0.15) is 38.3 Å². The Hall–Kier alpha value is -2.38. The Morgan fingerprint density at radius 3 is 2.52 bits per heavy atom. The summed E-state index contributed by atoms with van der Waals surface area (Å²) in [5.74, 6) is -0.570. The minimum absolute atomic E-state index is 0.0610. The largest absolute Gasteiger partial charge is 0.481 e. The van der Waals surface area contributed by atoms with Gasteiger partial charge in [0, 0.05) is 6.42 Å². The quantitative estimate of drug-likeness (QED) is 0.725. The highest BCUT2D eigenvalue weighted by molar-refractivity contribution is 5.94. The number of nitrogens with zero attached hydrogens (tertiary/aromatic N) is 1. The van der Waals surface area contributed by atoms with Crippen molar-refractivity contribution in [2.75, 3.05) is 0 Å². The molecule has 0 unspecified atom stereocenters. The number of oxazole rings is 1. The molecular weight excluding hydrogens is 278 g/mol. The smallest absolute Gasteiger partial charge is 0.321 e. The lowest BCUT2D eigenvalue weighted by Gasteiger charge is -2.21. The van der Waals surface area contributed by atoms with Crippen molar-refractivity contribution < 1.29 is 23.9 Å². The topological polar surface area (TPSA) is 122 Å². The van der Waals surface area contributed by atoms with Crippen LogP contribution in [-0.4, -0.2) is 28.0 Å². The molecule has 0 atom stereocenters. The van der Waals surface area contributed by atoms with Gasteiger partial charge in [0.15, 0.2) is 0 Å². The predicted molar refractivity (Wildman–Crippen MR) is 72.3 cm³/mol. The number of hydrogen-bond donors (Lipinski definition) is 3. The lowest BCUT2D eigenvalue weighted by atomic mass is 9.85. The summed E-state index contributed by atoms with van der Waals surface area (Å²) in [5.41, 5.74) is -0.726. The number of aryl methyl sites for hydroxylation is 1. The van der Waals surface area contributed by atoms with Crippen molar-refractivity contribution in [3.05, 3.63) is 17.8 Å². The third-order valence-electron chi connectivity index (χ3n) is 2.59. The molecule has 0 bridgehead atoms. The molecule has 3 amide bonds. The van der Waals surface area contributed by atoms with Crippen LogP contribution in [0.3, 0.4) is 0 Å². The zero-order valence-electron chi connectivity index (χ0n) is 12.2. The van der Waals surface area contributed by atoms with E-state index in [0.717, 1.165) is 0 Å². The molecule has 0 spiro atoms. The summed E-state index contributed by atoms with van der Waals surface area (Å²) in [6, 6.07) is -0.679. The molecule has 3 N–H and O–H groups in total. The number of carbonyl (C=O) groups excluding carboxylic acids is 2. The van der Waals surface area contributed by atoms with Gasteiger partial charge in [0.1, 0.15) is 5.76 Å². The highest BCUT2D eigenvalue weighted by atomic mass is 16.4. The summed E-state index contributed by atoms with van der Waals surface area (Å²) in [6.07, 6.45) is 1.30. The molecule has 0 saturated carbocycles. The molecule has 116 valence electrons. The van der Waals surface area contributed by atoms with Crippen LogP contribution in [0.4, 0.5) is 4.79 Å². The van der Waals surface area contributed by atoms with E-state index < -0.39 is 23.3 Å². The van der Waals surface area contributed by atoms with E-state index in [9.17, 15) is 14.4 Å². The van der Waals surface area contributed by atoms with Crippen molar-refractivity contribution in [3.63, 3.8) is 0 Å². The van der Waals surface area contributed by atoms with Gasteiger partial charge in [-0.2, -0.15) is 0 Å². The summed E-state index contributed by atoms with van der Waals surface area (Å²) in [7, 11) is 0. The Morgan fingerprint density at radius 1 is 1.33 bits per heavy atom. The fourth-order valence-electron chi connectivity index (χ4n) is 1.76. The monoisotopic (exact) mass is 297 g/mol. The van der Waals surface area contributed by atoms with E-state index in [-0.39, 0.29) is 19.4 Å². The van der Waals surface area contributed by atoms with E-state index in [0.29, 0.717) is 11.7 Å². The van der Waals surface area contributed by atoms with Gasteiger partial charge in [-0.15, -0.1) is 0 Å². The van der Waals surface area contributed by atoms with E-state index in [4.69, 9.17) is 9.52 Å². The highest BCUT2D eigenvalue weighted by Gasteiger charge is 2.25. The van der Waals surface area contributed by atoms with Crippen LogP contribution >= 0.6 is 0 Å². The van der Waals surface area contributed by atoms with Gasteiger partial charge in [-0.3, -0.25) is 14.9 Å². The third-order valence-corrected chi connectivity index (χ3v) is 2.59. The predicted octanol–water partition coefficient (Wildman–Crippen LogP) is 1.20. The summed E-state index contributed by atoms with van der Waals surface area (Å²) in [6.45, 7) is 5.08. The Bertz CT molecular complexity index is 536. The molecule has 1 rings (SSSR count). The second-order valence-electron chi connectivity index (χ2n) is 5.51. The van der Waals surface area contributed by atoms with Gasteiger partial charge >= 0.3 is 12.0 Å². The average molecular weight is 297 g/mol. The van der Waals surface area contributed by atoms with Gasteiger partial charge in [0.25, 0.3) is 0 Å². The van der Waals surface area contributed by atoms with Gasteiger partial charge < -0.3 is 14.8 Å². The normalized spacial score (nSPS) is 11.0. The molecule has 0 aliphatic rings. The first-order valence-corrected chi connectivity index (χ1v) is 6.39. The van der Waals surface area contributed by atoms with Crippen molar-refractivity contribution in [2.45, 2.75) is 40.2 Å². The number of carboxylic acid groups (broad SMARTS) is 1. The number of aliphatic carboxylic acids is 1. The van der Waals surface area contributed by atoms with Crippen LogP contribution in [0.25, 0.3) is 0 Å². The van der Waals surface area contributed by atoms with Gasteiger partial charge in [-0.05, 0) is 12.3 Å². The second-order valence-corrected chi connectivity index (χ2v) is 5.51. The lowest BCUT2D eigenvalue weighted by Crippen LogP contribution is -2.40. The number of nitrogens with one attached hydrogen (secondary N) is 2. The van der Waals surface area contributed by atoms with E-state index in [2.05, 4.69) is 15.6 Å². The molecule has 8 nitrogen and oxygen atoms in total. The van der Waals surface area contributed by atoms with Crippen LogP contribution in [0.2, 0.25) is 0 Å². The van der Waals surface area contributed by atoms with Crippen LogP contribution < -0.4 is 10.6 Å². The van der Waals surface area contributed by atoms with Gasteiger partial charge in [-0.25, -0.2) is 9.78 Å². The van der Waals surface area contributed by atoms with Crippen molar-refractivity contribution in [2.24, 2.45) is 5.41 Å². The van der Waals surface area contributed by atoms with Crippen molar-refractivity contribution in [1.29, 1.82) is 0 Å². The molecule has 8 heteroatoms. The first-order chi connectivity index (χ1) is 9.68. The number of hydrogen-bond acceptors (Lipinski definition) is 5.